The third-order valence-corrected chi connectivity index (χ3v) is 26.1. The number of nitrogens with zero attached hydrogens (tertiary/aromatic N) is 14. The lowest BCUT2D eigenvalue weighted by molar-refractivity contribution is -0.129. The third-order valence-electron chi connectivity index (χ3n) is 25.2. The second-order valence-electron chi connectivity index (χ2n) is 34.6. The van der Waals surface area contributed by atoms with E-state index < -0.39 is 45.7 Å². The number of pyridine rings is 8. The van der Waals surface area contributed by atoms with E-state index in [9.17, 15) is 44.1 Å². The molecule has 32 heteroatoms. The first kappa shape index (κ1) is 90.2. The first-order valence-corrected chi connectivity index (χ1v) is 44.0. The minimum atomic E-state index is -1.07. The van der Waals surface area contributed by atoms with Gasteiger partial charge >= 0.3 is 5.56 Å². The molecule has 0 radical (unpaired) electrons. The molecule has 3 N–H and O–H groups in total. The molecule has 6 aliphatic heterocycles. The maximum Gasteiger partial charge on any atom is 0.301 e. The Bertz CT molecular complexity index is 6900. The van der Waals surface area contributed by atoms with E-state index in [1.807, 2.05) is 93.2 Å². The molecule has 14 heterocycles. The number of fused-ring (bicyclic) bond motifs is 15. The number of hydrogen-bond donors (Lipinski definition) is 3. The first-order chi connectivity index (χ1) is 62.0. The highest BCUT2D eigenvalue weighted by atomic mass is 35.5. The quantitative estimate of drug-likeness (QED) is 0.0757. The molecule has 6 aliphatic rings. The van der Waals surface area contributed by atoms with E-state index in [1.54, 1.807) is 63.0 Å². The lowest BCUT2D eigenvalue weighted by Crippen LogP contribution is -2.62. The van der Waals surface area contributed by atoms with Crippen LogP contribution in [0.15, 0.2) is 162 Å². The standard InChI is InChI=1S/C33H31ClF2N4O4.C33H33ClFN5O4.C32H31ClFN5O3/c1-6-24(42)38-14-19-15-44-32-31(39(19)13-18(38)5)20-12-22(35)26(25-21(34)8-7-9-23(25)41)27(36)30(20)40(33(32)43)29-17(4)10-11-37-28(29)16(2)3;1-6-25(42)38-15-19(5)39-20(16-38)11-13-44-31-30(39)21-14-22(34)28(26-23(35)8-7-9-24(26)41)37-32(21)40(33(31)43)29-18(4)10-12-36-27(29)17(2)3;1-6-25(41)37-14-18(5)38-19(15-37)12-21-30(38)20-13-22(33)28(26-23(34)8-7-9-24(26)40)36-31(20)39(32(21)42)29-17(4)10-11-35-27(29)16(2)3/h6-12,16,18-19,41H,1,13-15H2,2-5H3;6-10,12,14,17,19-20,41H,1,11,13,15-16H2,2-5H3;6-11,13,16,18-19,40H,1,12,14-15H2,2-5H3. The number of halogens is 7. The number of piperazine rings is 3. The average Bonchev–Trinajstić information content (AvgIpc) is 0.807. The zero-order valence-electron chi connectivity index (χ0n) is 73.5. The van der Waals surface area contributed by atoms with Gasteiger partial charge in [-0.25, -0.2) is 27.5 Å². The van der Waals surface area contributed by atoms with Crippen molar-refractivity contribution in [2.24, 2.45) is 0 Å². The molecule has 672 valence electrons. The Morgan fingerprint density at radius 1 is 0.477 bits per heavy atom. The predicted molar refractivity (Wildman–Crippen MR) is 497 cm³/mol. The van der Waals surface area contributed by atoms with Crippen LogP contribution in [-0.2, 0) is 20.8 Å². The van der Waals surface area contributed by atoms with Gasteiger partial charge in [-0.3, -0.25) is 57.4 Å². The number of amides is 3. The second-order valence-corrected chi connectivity index (χ2v) is 35.8. The van der Waals surface area contributed by atoms with Crippen molar-refractivity contribution in [1.29, 1.82) is 0 Å². The van der Waals surface area contributed by atoms with Crippen LogP contribution in [0.4, 0.5) is 34.6 Å². The predicted octanol–water partition coefficient (Wildman–Crippen LogP) is 17.4. The molecule has 3 amide bonds. The molecule has 3 saturated heterocycles. The Hall–Kier alpha value is -13.1. The van der Waals surface area contributed by atoms with Crippen LogP contribution in [0.25, 0.3) is 83.7 Å². The molecule has 130 heavy (non-hydrogen) atoms. The zero-order valence-corrected chi connectivity index (χ0v) is 75.8. The number of phenolic OH excluding ortho intramolecular Hbond substituents is 3. The highest BCUT2D eigenvalue weighted by molar-refractivity contribution is 6.35. The monoisotopic (exact) mass is 1820 g/mol. The van der Waals surface area contributed by atoms with Gasteiger partial charge in [0.15, 0.2) is 11.5 Å². The number of phenols is 3. The summed E-state index contributed by atoms with van der Waals surface area (Å²) in [6.07, 6.45) is 9.90. The van der Waals surface area contributed by atoms with E-state index in [2.05, 4.69) is 44.5 Å². The van der Waals surface area contributed by atoms with Crippen molar-refractivity contribution in [3.8, 4) is 79.5 Å². The topological polar surface area (TPSA) is 280 Å². The van der Waals surface area contributed by atoms with E-state index in [1.165, 1.54) is 82.0 Å². The molecule has 6 atom stereocenters. The highest BCUT2D eigenvalue weighted by Crippen LogP contribution is 2.51. The molecule has 3 fully saturated rings. The van der Waals surface area contributed by atoms with Crippen LogP contribution in [0, 0.1) is 44.0 Å². The Morgan fingerprint density at radius 3 is 1.42 bits per heavy atom. The molecule has 18 rings (SSSR count). The van der Waals surface area contributed by atoms with Crippen LogP contribution >= 0.6 is 34.8 Å². The lowest BCUT2D eigenvalue weighted by Gasteiger charge is -2.48. The van der Waals surface area contributed by atoms with E-state index >= 15 is 17.6 Å². The van der Waals surface area contributed by atoms with Crippen molar-refractivity contribution >= 4 is 103 Å². The van der Waals surface area contributed by atoms with Gasteiger partial charge in [-0.15, -0.1) is 0 Å². The summed E-state index contributed by atoms with van der Waals surface area (Å²) in [7, 11) is 0. The van der Waals surface area contributed by atoms with Gasteiger partial charge in [0.05, 0.1) is 125 Å². The van der Waals surface area contributed by atoms with Gasteiger partial charge in [-0.1, -0.05) is 114 Å². The van der Waals surface area contributed by atoms with E-state index in [4.69, 9.17) is 54.2 Å². The molecular weight excluding hydrogens is 1730 g/mol. The van der Waals surface area contributed by atoms with Crippen LogP contribution in [0.5, 0.6) is 28.7 Å². The van der Waals surface area contributed by atoms with Gasteiger partial charge < -0.3 is 54.2 Å². The highest BCUT2D eigenvalue weighted by Gasteiger charge is 2.47. The first-order valence-electron chi connectivity index (χ1n) is 42.9. The fourth-order valence-corrected chi connectivity index (χ4v) is 20.1. The summed E-state index contributed by atoms with van der Waals surface area (Å²) >= 11 is 20.0. The average molecular weight is 1830 g/mol. The van der Waals surface area contributed by atoms with Gasteiger partial charge in [-0.2, -0.15) is 0 Å². The van der Waals surface area contributed by atoms with Crippen molar-refractivity contribution in [2.75, 3.05) is 67.2 Å². The lowest BCUT2D eigenvalue weighted by atomic mass is 9.96. The Labute approximate surface area is 761 Å². The molecule has 0 saturated carbocycles. The number of carbonyl (C=O) groups is 3. The van der Waals surface area contributed by atoms with Crippen molar-refractivity contribution in [2.45, 2.75) is 150 Å². The fourth-order valence-electron chi connectivity index (χ4n) is 19.4. The number of hydrogen-bond acceptors (Lipinski definition) is 19. The summed E-state index contributed by atoms with van der Waals surface area (Å²) in [5, 5.41) is 33.4. The summed E-state index contributed by atoms with van der Waals surface area (Å²) in [5.41, 5.74) is 5.72. The smallest absolute Gasteiger partial charge is 0.301 e. The number of aromatic hydroxyl groups is 3. The Balaban J connectivity index is 0.000000143. The van der Waals surface area contributed by atoms with Crippen molar-refractivity contribution in [3.05, 3.63) is 256 Å². The summed E-state index contributed by atoms with van der Waals surface area (Å²) < 4.78 is 80.2. The van der Waals surface area contributed by atoms with Crippen molar-refractivity contribution < 1.29 is 56.7 Å². The molecular formula is C98H95Cl3F4N14O11. The summed E-state index contributed by atoms with van der Waals surface area (Å²) in [5.74, 6) is -5.15. The van der Waals surface area contributed by atoms with Gasteiger partial charge in [-0.05, 0) is 167 Å². The van der Waals surface area contributed by atoms with Gasteiger partial charge in [0.25, 0.3) is 11.1 Å². The van der Waals surface area contributed by atoms with Gasteiger partial charge in [0.2, 0.25) is 29.2 Å². The second kappa shape index (κ2) is 35.4. The number of aromatic nitrogens is 8. The number of ether oxygens (including phenoxy) is 2. The van der Waals surface area contributed by atoms with Crippen molar-refractivity contribution in [3.63, 3.8) is 0 Å². The number of aryl methyl sites for hydroxylation is 3. The summed E-state index contributed by atoms with van der Waals surface area (Å²) in [6, 6.07) is 20.8. The largest absolute Gasteiger partial charge is 0.507 e. The van der Waals surface area contributed by atoms with Gasteiger partial charge in [0.1, 0.15) is 47.0 Å². The van der Waals surface area contributed by atoms with Gasteiger partial charge in [0, 0.05) is 116 Å². The molecule has 4 aromatic carbocycles. The minimum Gasteiger partial charge on any atom is -0.507 e. The van der Waals surface area contributed by atoms with Crippen LogP contribution in [0.2, 0.25) is 15.1 Å². The van der Waals surface area contributed by atoms with Crippen LogP contribution in [0.3, 0.4) is 0 Å². The third kappa shape index (κ3) is 15.3. The van der Waals surface area contributed by atoms with E-state index in [-0.39, 0.29) is 191 Å². The van der Waals surface area contributed by atoms with E-state index in [0.717, 1.165) is 28.6 Å². The number of benzene rings is 4. The molecule has 0 aliphatic carbocycles. The van der Waals surface area contributed by atoms with Crippen LogP contribution in [-0.4, -0.2) is 175 Å². The summed E-state index contributed by atoms with van der Waals surface area (Å²) in [6.45, 7) is 36.8. The molecule has 0 spiro atoms. The minimum absolute atomic E-state index is 0.00366. The molecule has 12 aromatic rings. The maximum absolute atomic E-state index is 17.1. The molecule has 25 nitrogen and oxygen atoms in total. The number of anilines is 3. The Kier molecular flexibility index (Phi) is 24.6. The molecule has 0 bridgehead atoms. The van der Waals surface area contributed by atoms with Crippen molar-refractivity contribution in [1.82, 2.24) is 53.3 Å². The van der Waals surface area contributed by atoms with E-state index in [0.29, 0.717) is 102 Å². The maximum atomic E-state index is 17.1. The molecule has 6 unspecified atom stereocenters. The number of carbonyl (C=O) groups excluding carboxylic acids is 3. The van der Waals surface area contributed by atoms with Crippen LogP contribution < -0.4 is 40.9 Å². The normalized spacial score (nSPS) is 18.0. The number of rotatable bonds is 12. The Morgan fingerprint density at radius 2 is 0.931 bits per heavy atom. The summed E-state index contributed by atoms with van der Waals surface area (Å²) in [4.78, 5) is 116. The molecule has 8 aromatic heterocycles. The SMILES string of the molecule is C=CC(=O)N1CC(C)N2c3c(c(=O)n(-c4c(C)ccnc4C(C)C)c4nc(-c5c(O)cccc5F)c(Cl)cc34)CC2C1.C=CC(=O)N1CC(C)N2c3c(c(=O)n(-c4c(C)ccnc4C(C)C)c4nc(-c5c(O)cccc5F)c(Cl)cc34)OCCC2C1.C=CC(=O)N1CC2COc3c(c4cc(F)c(-c5c(O)cccc5Cl)c(F)c4n(-c4c(C)ccnc4C(C)C)c3=O)N2CC1C. The fraction of sp³-hybridized carbons (Fsp3) is 0.316. The van der Waals surface area contributed by atoms with Crippen LogP contribution in [0.1, 0.15) is 126 Å². The zero-order chi connectivity index (χ0) is 93.1.